The smallest absolute Gasteiger partial charge is 0.265 e. The number of hydrogen-bond donors (Lipinski definition) is 3. The molecule has 1 saturated heterocycles. The summed E-state index contributed by atoms with van der Waals surface area (Å²) >= 11 is 0. The highest BCUT2D eigenvalue weighted by Gasteiger charge is 2.21. The molecule has 230 valence electrons. The summed E-state index contributed by atoms with van der Waals surface area (Å²) in [6.45, 7) is 10.3. The summed E-state index contributed by atoms with van der Waals surface area (Å²) in [6, 6.07) is 11.5. The van der Waals surface area contributed by atoms with Gasteiger partial charge in [-0.3, -0.25) is 14.4 Å². The van der Waals surface area contributed by atoms with E-state index < -0.39 is 11.5 Å². The van der Waals surface area contributed by atoms with Crippen LogP contribution in [0.4, 0.5) is 10.1 Å². The molecule has 9 nitrogen and oxygen atoms in total. The Morgan fingerprint density at radius 3 is 2.52 bits per heavy atom. The highest BCUT2D eigenvalue weighted by Crippen LogP contribution is 2.34. The van der Waals surface area contributed by atoms with Gasteiger partial charge in [-0.25, -0.2) is 9.37 Å². The largest absolute Gasteiger partial charge is 0.496 e. The maximum absolute atomic E-state index is 14.7. The van der Waals surface area contributed by atoms with Crippen LogP contribution in [0.25, 0.3) is 16.7 Å². The highest BCUT2D eigenvalue weighted by atomic mass is 19.1. The molecule has 10 heteroatoms. The van der Waals surface area contributed by atoms with E-state index in [1.807, 2.05) is 44.2 Å². The predicted molar refractivity (Wildman–Crippen MR) is 171 cm³/mol. The molecule has 0 saturated carbocycles. The van der Waals surface area contributed by atoms with Crippen LogP contribution in [-0.4, -0.2) is 47.6 Å². The Bertz CT molecular complexity index is 1720. The van der Waals surface area contributed by atoms with Crippen LogP contribution < -0.4 is 21.5 Å². The maximum Gasteiger partial charge on any atom is 0.265 e. The molecule has 0 spiro atoms. The predicted octanol–water partition coefficient (Wildman–Crippen LogP) is 4.97. The number of rotatable bonds is 11. The number of carbonyl (C=O) groups is 2. The second-order valence-corrected chi connectivity index (χ2v) is 10.8. The fourth-order valence-corrected chi connectivity index (χ4v) is 5.27. The third-order valence-corrected chi connectivity index (χ3v) is 7.81. The number of amides is 2. The first-order valence-corrected chi connectivity index (χ1v) is 14.3. The third-order valence-electron chi connectivity index (χ3n) is 7.81. The van der Waals surface area contributed by atoms with Crippen LogP contribution in [-0.2, 0) is 16.6 Å². The normalized spacial score (nSPS) is 15.5. The number of nitrogens with zero attached hydrogens (tertiary/aromatic N) is 2. The van der Waals surface area contributed by atoms with Gasteiger partial charge in [-0.1, -0.05) is 36.9 Å². The van der Waals surface area contributed by atoms with E-state index in [1.54, 1.807) is 12.1 Å². The first-order chi connectivity index (χ1) is 21.0. The van der Waals surface area contributed by atoms with E-state index in [-0.39, 0.29) is 29.9 Å². The molecular formula is C34H38FN5O4. The van der Waals surface area contributed by atoms with E-state index in [4.69, 9.17) is 4.74 Å². The molecule has 3 N–H and O–H groups in total. The molecule has 1 aliphatic rings. The molecule has 4 rings (SSSR count). The second kappa shape index (κ2) is 14.1. The summed E-state index contributed by atoms with van der Waals surface area (Å²) in [5, 5.41) is 8.98. The van der Waals surface area contributed by atoms with Crippen LogP contribution in [0.1, 0.15) is 46.8 Å². The van der Waals surface area contributed by atoms with Crippen molar-refractivity contribution >= 4 is 23.1 Å². The molecule has 0 bridgehead atoms. The number of ether oxygens (including phenoxy) is 1. The van der Waals surface area contributed by atoms with Gasteiger partial charge in [0, 0.05) is 50.1 Å². The average molecular weight is 600 g/mol. The number of allylic oxidation sites excluding steroid dienone is 3. The molecule has 0 aliphatic carbocycles. The third kappa shape index (κ3) is 7.20. The van der Waals surface area contributed by atoms with Crippen molar-refractivity contribution in [3.05, 3.63) is 111 Å². The lowest BCUT2D eigenvalue weighted by Crippen LogP contribution is -2.36. The number of carbonyl (C=O) groups excluding carboxylic acids is 2. The minimum absolute atomic E-state index is 0.0250. The summed E-state index contributed by atoms with van der Waals surface area (Å²) in [4.78, 5) is 40.8. The molecule has 2 aromatic carbocycles. The lowest BCUT2D eigenvalue weighted by molar-refractivity contribution is -0.119. The Morgan fingerprint density at radius 1 is 1.16 bits per heavy atom. The van der Waals surface area contributed by atoms with Gasteiger partial charge in [-0.15, -0.1) is 0 Å². The average Bonchev–Trinajstić information content (AvgIpc) is 3.41. The molecule has 44 heavy (non-hydrogen) atoms. The van der Waals surface area contributed by atoms with E-state index in [9.17, 15) is 18.8 Å². The minimum Gasteiger partial charge on any atom is -0.496 e. The van der Waals surface area contributed by atoms with Crippen molar-refractivity contribution in [3.63, 3.8) is 0 Å². The first-order valence-electron chi connectivity index (χ1n) is 14.3. The number of aryl methyl sites for hydroxylation is 1. The number of hydrogen-bond acceptors (Lipinski definition) is 6. The Hall–Kier alpha value is -4.83. The van der Waals surface area contributed by atoms with Crippen LogP contribution in [0.5, 0.6) is 0 Å². The van der Waals surface area contributed by atoms with Gasteiger partial charge in [-0.2, -0.15) is 0 Å². The number of aromatic nitrogens is 2. The van der Waals surface area contributed by atoms with Crippen molar-refractivity contribution in [3.8, 4) is 11.1 Å². The summed E-state index contributed by atoms with van der Waals surface area (Å²) in [6.07, 6.45) is 5.59. The van der Waals surface area contributed by atoms with Gasteiger partial charge in [0.05, 0.1) is 13.4 Å². The van der Waals surface area contributed by atoms with Crippen LogP contribution in [0, 0.1) is 13.8 Å². The van der Waals surface area contributed by atoms with E-state index in [0.29, 0.717) is 35.6 Å². The van der Waals surface area contributed by atoms with E-state index >= 15 is 0 Å². The van der Waals surface area contributed by atoms with Crippen LogP contribution >= 0.6 is 0 Å². The van der Waals surface area contributed by atoms with Crippen molar-refractivity contribution in [1.82, 2.24) is 20.2 Å². The minimum atomic E-state index is -0.537. The molecule has 2 amide bonds. The molecule has 3 aromatic rings. The molecule has 1 aromatic heterocycles. The van der Waals surface area contributed by atoms with Gasteiger partial charge in [0.2, 0.25) is 5.91 Å². The molecular weight excluding hydrogens is 561 g/mol. The van der Waals surface area contributed by atoms with E-state index in [1.165, 1.54) is 38.2 Å². The molecule has 1 fully saturated rings. The SMILES string of the molecule is C=C(/C=C(OC)\C(CNC[C@@H]1CCC(=O)N1)=C(/C)F)c1cccc(-c2cccc(NC(=O)c3cncn(C)c3=O)c2C)c1C. The zero-order valence-electron chi connectivity index (χ0n) is 25.7. The van der Waals surface area contributed by atoms with Gasteiger partial charge in [-0.05, 0) is 72.7 Å². The molecule has 1 aliphatic heterocycles. The number of halogens is 1. The molecule has 2 heterocycles. The highest BCUT2D eigenvalue weighted by molar-refractivity contribution is 6.04. The van der Waals surface area contributed by atoms with Crippen molar-refractivity contribution in [2.75, 3.05) is 25.5 Å². The van der Waals surface area contributed by atoms with Crippen LogP contribution in [0.15, 0.2) is 83.5 Å². The van der Waals surface area contributed by atoms with E-state index in [0.717, 1.165) is 34.2 Å². The first kappa shape index (κ1) is 32.1. The van der Waals surface area contributed by atoms with Crippen LogP contribution in [0.2, 0.25) is 0 Å². The van der Waals surface area contributed by atoms with Crippen LogP contribution in [0.3, 0.4) is 0 Å². The maximum atomic E-state index is 14.7. The van der Waals surface area contributed by atoms with Crippen molar-refractivity contribution in [1.29, 1.82) is 0 Å². The second-order valence-electron chi connectivity index (χ2n) is 10.8. The topological polar surface area (TPSA) is 114 Å². The fourth-order valence-electron chi connectivity index (χ4n) is 5.27. The van der Waals surface area contributed by atoms with E-state index in [2.05, 4.69) is 27.5 Å². The van der Waals surface area contributed by atoms with Crippen molar-refractivity contribution in [2.24, 2.45) is 7.05 Å². The summed E-state index contributed by atoms with van der Waals surface area (Å²) in [5.41, 5.74) is 5.53. The fraction of sp³-hybridized carbons (Fsp3) is 0.294. The Morgan fingerprint density at radius 2 is 1.86 bits per heavy atom. The van der Waals surface area contributed by atoms with Crippen molar-refractivity contribution in [2.45, 2.75) is 39.7 Å². The number of benzene rings is 2. The monoisotopic (exact) mass is 599 g/mol. The Kier molecular flexibility index (Phi) is 10.3. The summed E-state index contributed by atoms with van der Waals surface area (Å²) < 4.78 is 21.5. The summed E-state index contributed by atoms with van der Waals surface area (Å²) in [5.74, 6) is -0.531. The number of methoxy groups -OCH3 is 1. The number of anilines is 1. The molecule has 0 radical (unpaired) electrons. The summed E-state index contributed by atoms with van der Waals surface area (Å²) in [7, 11) is 3.03. The Balaban J connectivity index is 1.58. The molecule has 1 atom stereocenters. The standard InChI is InChI=1S/C34H38FN5O4/c1-20(15-31(44-6)28(23(4)35)17-36-16-24-13-14-32(41)38-24)25-9-7-10-26(21(25)2)27-11-8-12-30(22(27)3)39-33(42)29-18-37-19-40(5)34(29)43/h7-12,15,18-19,24,36H,1,13-14,16-17H2,2-6H3,(H,38,41)(H,39,42)/b28-23+,31-15+/t24-/m0/s1. The van der Waals surface area contributed by atoms with Gasteiger partial charge in [0.15, 0.2) is 0 Å². The zero-order valence-corrected chi connectivity index (χ0v) is 25.7. The van der Waals surface area contributed by atoms with Gasteiger partial charge in [0.25, 0.3) is 11.5 Å². The quantitative estimate of drug-likeness (QED) is 0.212. The van der Waals surface area contributed by atoms with Crippen molar-refractivity contribution < 1.29 is 18.7 Å². The lowest BCUT2D eigenvalue weighted by atomic mass is 9.90. The molecule has 0 unspecified atom stereocenters. The Labute approximate surface area is 256 Å². The van der Waals surface area contributed by atoms with Gasteiger partial charge < -0.3 is 25.3 Å². The number of nitrogens with one attached hydrogen (secondary N) is 3. The van der Waals surface area contributed by atoms with Gasteiger partial charge >= 0.3 is 0 Å². The lowest BCUT2D eigenvalue weighted by Gasteiger charge is -2.18. The van der Waals surface area contributed by atoms with Gasteiger partial charge in [0.1, 0.15) is 17.1 Å². The zero-order chi connectivity index (χ0) is 32.0.